The van der Waals surface area contributed by atoms with Crippen molar-refractivity contribution in [2.45, 2.75) is 6.42 Å². The summed E-state index contributed by atoms with van der Waals surface area (Å²) < 4.78 is 5.31. The van der Waals surface area contributed by atoms with E-state index in [1.807, 2.05) is 43.4 Å². The second kappa shape index (κ2) is 6.36. The minimum atomic E-state index is -0.876. The topological polar surface area (TPSA) is 104 Å². The van der Waals surface area contributed by atoms with E-state index < -0.39 is 5.97 Å². The average molecular weight is 348 g/mol. The lowest BCUT2D eigenvalue weighted by atomic mass is 9.99. The summed E-state index contributed by atoms with van der Waals surface area (Å²) in [6.07, 6.45) is 3.17. The number of carboxylic acids is 1. The van der Waals surface area contributed by atoms with E-state index in [-0.39, 0.29) is 6.42 Å². The van der Waals surface area contributed by atoms with Crippen LogP contribution in [0.4, 0.5) is 5.69 Å². The van der Waals surface area contributed by atoms with Crippen LogP contribution in [0, 0.1) is 0 Å². The molecule has 0 unspecified atom stereocenters. The number of carbonyl (C=O) groups is 1. The van der Waals surface area contributed by atoms with E-state index in [1.54, 1.807) is 12.5 Å². The third kappa shape index (κ3) is 2.69. The summed E-state index contributed by atoms with van der Waals surface area (Å²) in [5.74, 6) is -0.193. The first kappa shape index (κ1) is 15.9. The van der Waals surface area contributed by atoms with E-state index in [9.17, 15) is 4.79 Å². The summed E-state index contributed by atoms with van der Waals surface area (Å²) in [7, 11) is 1.82. The third-order valence-corrected chi connectivity index (χ3v) is 4.30. The van der Waals surface area contributed by atoms with Crippen LogP contribution in [0.15, 0.2) is 53.4 Å². The van der Waals surface area contributed by atoms with Crippen LogP contribution < -0.4 is 5.32 Å². The molecule has 130 valence electrons. The lowest BCUT2D eigenvalue weighted by Crippen LogP contribution is -2.01. The monoisotopic (exact) mass is 348 g/mol. The molecule has 0 saturated carbocycles. The van der Waals surface area contributed by atoms with Gasteiger partial charge in [0, 0.05) is 18.2 Å². The summed E-state index contributed by atoms with van der Waals surface area (Å²) in [5.41, 5.74) is 5.90. The number of aliphatic carboxylic acids is 1. The SMILES string of the molecule is CNc1cnoc1-c1ccc(-c2ccc(CC(=O)O)c3nc[nH]c23)cc1. The Morgan fingerprint density at radius 2 is 1.96 bits per heavy atom. The molecule has 7 heteroatoms. The number of aromatic amines is 1. The molecule has 4 rings (SSSR count). The van der Waals surface area contributed by atoms with Gasteiger partial charge in [-0.2, -0.15) is 0 Å². The molecule has 2 aromatic heterocycles. The molecule has 26 heavy (non-hydrogen) atoms. The number of fused-ring (bicyclic) bond motifs is 1. The van der Waals surface area contributed by atoms with Gasteiger partial charge < -0.3 is 19.9 Å². The number of nitrogens with one attached hydrogen (secondary N) is 2. The molecule has 2 heterocycles. The van der Waals surface area contributed by atoms with Gasteiger partial charge in [-0.05, 0) is 11.1 Å². The summed E-state index contributed by atoms with van der Waals surface area (Å²) in [5, 5.41) is 15.9. The minimum Gasteiger partial charge on any atom is -0.481 e. The van der Waals surface area contributed by atoms with Crippen molar-refractivity contribution in [1.29, 1.82) is 0 Å². The highest BCUT2D eigenvalue weighted by Crippen LogP contribution is 2.32. The lowest BCUT2D eigenvalue weighted by molar-refractivity contribution is -0.136. The summed E-state index contributed by atoms with van der Waals surface area (Å²) in [6, 6.07) is 11.6. The van der Waals surface area contributed by atoms with Gasteiger partial charge in [-0.25, -0.2) is 4.98 Å². The van der Waals surface area contributed by atoms with Crippen LogP contribution in [0.5, 0.6) is 0 Å². The zero-order chi connectivity index (χ0) is 18.1. The average Bonchev–Trinajstić information content (AvgIpc) is 3.31. The molecule has 7 nitrogen and oxygen atoms in total. The molecule has 3 N–H and O–H groups in total. The maximum atomic E-state index is 11.0. The molecule has 0 atom stereocenters. The van der Waals surface area contributed by atoms with Gasteiger partial charge in [0.05, 0.1) is 30.0 Å². The van der Waals surface area contributed by atoms with E-state index in [0.29, 0.717) is 16.8 Å². The Bertz CT molecular complexity index is 1080. The molecule has 0 aliphatic rings. The number of H-pyrrole nitrogens is 1. The van der Waals surface area contributed by atoms with Gasteiger partial charge in [-0.15, -0.1) is 0 Å². The number of carboxylic acid groups (broad SMARTS) is 1. The Hall–Kier alpha value is -3.61. The molecule has 2 aromatic carbocycles. The largest absolute Gasteiger partial charge is 0.481 e. The highest BCUT2D eigenvalue weighted by atomic mass is 16.5. The fraction of sp³-hybridized carbons (Fsp3) is 0.105. The maximum absolute atomic E-state index is 11.0. The van der Waals surface area contributed by atoms with Gasteiger partial charge in [0.2, 0.25) is 0 Å². The molecule has 0 bridgehead atoms. The molecule has 0 amide bonds. The number of benzene rings is 2. The number of nitrogens with zero attached hydrogens (tertiary/aromatic N) is 2. The molecule has 0 fully saturated rings. The molecule has 4 aromatic rings. The smallest absolute Gasteiger partial charge is 0.307 e. The minimum absolute atomic E-state index is 0.0567. The van der Waals surface area contributed by atoms with E-state index >= 15 is 0 Å². The zero-order valence-corrected chi connectivity index (χ0v) is 14.0. The van der Waals surface area contributed by atoms with Crippen LogP contribution >= 0.6 is 0 Å². The quantitative estimate of drug-likeness (QED) is 0.509. The van der Waals surface area contributed by atoms with Crippen molar-refractivity contribution in [2.24, 2.45) is 0 Å². The third-order valence-electron chi connectivity index (χ3n) is 4.30. The van der Waals surface area contributed by atoms with Crippen molar-refractivity contribution >= 4 is 22.7 Å². The van der Waals surface area contributed by atoms with Crippen molar-refractivity contribution in [3.8, 4) is 22.5 Å². The summed E-state index contributed by atoms with van der Waals surface area (Å²) in [4.78, 5) is 18.4. The highest BCUT2D eigenvalue weighted by Gasteiger charge is 2.14. The molecular weight excluding hydrogens is 332 g/mol. The van der Waals surface area contributed by atoms with Gasteiger partial charge in [-0.1, -0.05) is 41.6 Å². The van der Waals surface area contributed by atoms with Crippen LogP contribution in [0.25, 0.3) is 33.5 Å². The molecular formula is C19H16N4O3. The van der Waals surface area contributed by atoms with Crippen LogP contribution in [0.3, 0.4) is 0 Å². The van der Waals surface area contributed by atoms with Crippen LogP contribution in [0.2, 0.25) is 0 Å². The number of anilines is 1. The fourth-order valence-electron chi connectivity index (χ4n) is 3.06. The molecule has 0 aliphatic carbocycles. The maximum Gasteiger partial charge on any atom is 0.307 e. The van der Waals surface area contributed by atoms with Crippen molar-refractivity contribution in [2.75, 3.05) is 12.4 Å². The van der Waals surface area contributed by atoms with Crippen LogP contribution in [0.1, 0.15) is 5.56 Å². The highest BCUT2D eigenvalue weighted by molar-refractivity contribution is 5.95. The van der Waals surface area contributed by atoms with E-state index in [0.717, 1.165) is 27.9 Å². The van der Waals surface area contributed by atoms with E-state index in [2.05, 4.69) is 20.4 Å². The van der Waals surface area contributed by atoms with Gasteiger partial charge >= 0.3 is 5.97 Å². The summed E-state index contributed by atoms with van der Waals surface area (Å²) in [6.45, 7) is 0. The first-order valence-corrected chi connectivity index (χ1v) is 8.07. The Kier molecular flexibility index (Phi) is 3.89. The Morgan fingerprint density at radius 1 is 1.19 bits per heavy atom. The molecule has 0 radical (unpaired) electrons. The normalized spacial score (nSPS) is 11.0. The van der Waals surface area contributed by atoms with Crippen molar-refractivity contribution in [3.05, 3.63) is 54.5 Å². The summed E-state index contributed by atoms with van der Waals surface area (Å²) >= 11 is 0. The number of aromatic nitrogens is 3. The molecule has 0 aliphatic heterocycles. The van der Waals surface area contributed by atoms with Gasteiger partial charge in [-0.3, -0.25) is 4.79 Å². The second-order valence-corrected chi connectivity index (χ2v) is 5.86. The van der Waals surface area contributed by atoms with Gasteiger partial charge in [0.25, 0.3) is 0 Å². The van der Waals surface area contributed by atoms with Crippen molar-refractivity contribution in [1.82, 2.24) is 15.1 Å². The fourth-order valence-corrected chi connectivity index (χ4v) is 3.06. The molecule has 0 spiro atoms. The Morgan fingerprint density at radius 3 is 2.69 bits per heavy atom. The second-order valence-electron chi connectivity index (χ2n) is 5.86. The zero-order valence-electron chi connectivity index (χ0n) is 14.0. The number of imidazole rings is 1. The van der Waals surface area contributed by atoms with Crippen LogP contribution in [-0.4, -0.2) is 33.2 Å². The first-order chi connectivity index (χ1) is 12.7. The number of hydrogen-bond acceptors (Lipinski definition) is 5. The Balaban J connectivity index is 1.74. The predicted molar refractivity (Wildman–Crippen MR) is 97.9 cm³/mol. The van der Waals surface area contributed by atoms with E-state index in [1.165, 1.54) is 0 Å². The van der Waals surface area contributed by atoms with Gasteiger partial charge in [0.15, 0.2) is 5.76 Å². The lowest BCUT2D eigenvalue weighted by Gasteiger charge is -2.07. The number of hydrogen-bond donors (Lipinski definition) is 3. The standard InChI is InChI=1S/C19H16N4O3/c1-20-15-9-23-26-19(15)12-4-2-11(3-5-12)14-7-6-13(8-16(24)25)17-18(14)22-10-21-17/h2-7,9-10,20H,8H2,1H3,(H,21,22)(H,24,25). The van der Waals surface area contributed by atoms with Crippen LogP contribution in [-0.2, 0) is 11.2 Å². The Labute approximate surface area is 148 Å². The first-order valence-electron chi connectivity index (χ1n) is 8.07. The predicted octanol–water partition coefficient (Wildman–Crippen LogP) is 3.55. The van der Waals surface area contributed by atoms with Crippen molar-refractivity contribution < 1.29 is 14.4 Å². The van der Waals surface area contributed by atoms with E-state index in [4.69, 9.17) is 9.63 Å². The van der Waals surface area contributed by atoms with Crippen molar-refractivity contribution in [3.63, 3.8) is 0 Å². The molecule has 0 saturated heterocycles. The number of rotatable bonds is 5. The van der Waals surface area contributed by atoms with Gasteiger partial charge in [0.1, 0.15) is 5.69 Å².